The molecule has 0 aliphatic heterocycles. The fourth-order valence-corrected chi connectivity index (χ4v) is 1.63. The number of rotatable bonds is 0. The minimum absolute atomic E-state index is 0. The Kier molecular flexibility index (Phi) is 4.74. The summed E-state index contributed by atoms with van der Waals surface area (Å²) in [6.45, 7) is 0. The Hall–Kier alpha value is -0.130. The molecule has 0 saturated heterocycles. The molecule has 58 valence electrons. The number of H-pyrrole nitrogens is 1. The summed E-state index contributed by atoms with van der Waals surface area (Å²) in [5.74, 6) is 0. The van der Waals surface area contributed by atoms with Crippen molar-refractivity contribution in [3.05, 3.63) is 34.6 Å². The van der Waals surface area contributed by atoms with Gasteiger partial charge in [-0.3, -0.25) is 9.17 Å². The number of benzene rings is 1. The van der Waals surface area contributed by atoms with Crippen LogP contribution in [0.3, 0.4) is 0 Å². The molecule has 0 spiro atoms. The molecule has 3 nitrogen and oxygen atoms in total. The molecule has 1 heterocycles. The second kappa shape index (κ2) is 4.79. The maximum Gasteiger partial charge on any atom is 1.00 e. The van der Waals surface area contributed by atoms with Crippen molar-refractivity contribution in [1.29, 1.82) is 0 Å². The Bertz CT molecular complexity index is 409. The van der Waals surface area contributed by atoms with E-state index in [2.05, 4.69) is 4.37 Å². The van der Waals surface area contributed by atoms with Crippen LogP contribution < -0.4 is 35.1 Å². The maximum atomic E-state index is 10.9. The van der Waals surface area contributed by atoms with Crippen molar-refractivity contribution in [2.75, 3.05) is 0 Å². The molecular weight excluding hydrogens is 185 g/mol. The van der Waals surface area contributed by atoms with E-state index in [-0.39, 0.29) is 40.6 Å². The van der Waals surface area contributed by atoms with Crippen LogP contribution in [-0.4, -0.2) is 9.85 Å². The molecule has 0 atom stereocenters. The van der Waals surface area contributed by atoms with Crippen LogP contribution in [0.15, 0.2) is 29.1 Å². The van der Waals surface area contributed by atoms with Crippen molar-refractivity contribution in [2.45, 2.75) is 0 Å². The molecule has 0 aliphatic rings. The van der Waals surface area contributed by atoms with Crippen LogP contribution in [0, 0.1) is 0 Å². The molecule has 1 aromatic heterocycles. The number of aromatic amines is 1. The second-order valence-corrected chi connectivity index (χ2v) is 2.88. The average Bonchev–Trinajstić information content (AvgIpc) is 2.34. The first-order valence-electron chi connectivity index (χ1n) is 2.94. The summed E-state index contributed by atoms with van der Waals surface area (Å²) in [6.07, 6.45) is 0. The summed E-state index contributed by atoms with van der Waals surface area (Å²) in [4.78, 5) is 10.9. The van der Waals surface area contributed by atoms with E-state index in [9.17, 15) is 4.79 Å². The number of aromatic nitrogens is 1. The molecule has 12 heavy (non-hydrogen) atoms. The number of hydrogen-bond acceptors (Lipinski definition) is 3. The third-order valence-corrected chi connectivity index (χ3v) is 2.25. The fraction of sp³-hybridized carbons (Fsp3) is 0. The Morgan fingerprint density at radius 2 is 1.92 bits per heavy atom. The van der Waals surface area contributed by atoms with Crippen molar-refractivity contribution >= 4 is 21.6 Å². The van der Waals surface area contributed by atoms with Crippen LogP contribution in [0.25, 0.3) is 10.1 Å². The van der Waals surface area contributed by atoms with Gasteiger partial charge in [0.25, 0.3) is 5.56 Å². The predicted molar refractivity (Wildman–Crippen MR) is 44.4 cm³/mol. The van der Waals surface area contributed by atoms with Gasteiger partial charge in [0.2, 0.25) is 0 Å². The van der Waals surface area contributed by atoms with Crippen LogP contribution in [-0.2, 0) is 0 Å². The van der Waals surface area contributed by atoms with E-state index in [0.29, 0.717) is 0 Å². The largest absolute Gasteiger partial charge is 1.00 e. The molecule has 0 aliphatic carbocycles. The van der Waals surface area contributed by atoms with E-state index >= 15 is 0 Å². The van der Waals surface area contributed by atoms with Crippen LogP contribution in [0.1, 0.15) is 0 Å². The Balaban J connectivity index is 0.000000605. The van der Waals surface area contributed by atoms with E-state index in [1.165, 1.54) is 11.5 Å². The number of nitrogens with one attached hydrogen (secondary N) is 1. The topological polar surface area (TPSA) is 62.9 Å². The minimum atomic E-state index is 0. The first-order chi connectivity index (χ1) is 4.88. The van der Waals surface area contributed by atoms with Crippen LogP contribution in [0.5, 0.6) is 0 Å². The third-order valence-electron chi connectivity index (χ3n) is 1.39. The van der Waals surface area contributed by atoms with Crippen LogP contribution in [0.2, 0.25) is 0 Å². The normalized spacial score (nSPS) is 8.67. The molecular formula is C7H6NNaO2S. The molecule has 0 amide bonds. The molecule has 2 N–H and O–H groups in total. The minimum Gasteiger partial charge on any atom is -0.870 e. The Morgan fingerprint density at radius 1 is 1.25 bits per heavy atom. The van der Waals surface area contributed by atoms with Gasteiger partial charge in [-0.2, -0.15) is 0 Å². The Labute approximate surface area is 95.2 Å². The molecule has 0 bridgehead atoms. The van der Waals surface area contributed by atoms with Crippen molar-refractivity contribution in [3.63, 3.8) is 0 Å². The molecule has 0 saturated carbocycles. The fourth-order valence-electron chi connectivity index (χ4n) is 0.900. The summed E-state index contributed by atoms with van der Waals surface area (Å²) in [5.41, 5.74) is 0.0144. The molecule has 0 radical (unpaired) electrons. The summed E-state index contributed by atoms with van der Waals surface area (Å²) in [6, 6.07) is 7.54. The van der Waals surface area contributed by atoms with E-state index in [4.69, 9.17) is 0 Å². The SMILES string of the molecule is O=c1[nH]sc2ccccc12.[Na+].[OH-]. The van der Waals surface area contributed by atoms with Gasteiger partial charge in [-0.25, -0.2) is 0 Å². The predicted octanol–water partition coefficient (Wildman–Crippen LogP) is -1.58. The van der Waals surface area contributed by atoms with Gasteiger partial charge in [0.05, 0.1) is 10.1 Å². The molecule has 2 aromatic rings. The summed E-state index contributed by atoms with van der Waals surface area (Å²) in [5, 5.41) is 0.785. The van der Waals surface area contributed by atoms with Crippen molar-refractivity contribution in [1.82, 2.24) is 4.37 Å². The standard InChI is InChI=1S/C7H5NOS.Na.H2O/c9-7-5-3-1-2-4-6(5)10-8-7;;/h1-4H,(H,8,9);;1H2/q;+1;/p-1. The van der Waals surface area contributed by atoms with Crippen molar-refractivity contribution < 1.29 is 35.0 Å². The van der Waals surface area contributed by atoms with Crippen LogP contribution >= 0.6 is 11.5 Å². The number of fused-ring (bicyclic) bond motifs is 1. The van der Waals surface area contributed by atoms with E-state index in [1.807, 2.05) is 24.3 Å². The van der Waals surface area contributed by atoms with Gasteiger partial charge in [-0.1, -0.05) is 23.7 Å². The van der Waals surface area contributed by atoms with Gasteiger partial charge < -0.3 is 5.48 Å². The quantitative estimate of drug-likeness (QED) is 0.511. The first-order valence-corrected chi connectivity index (χ1v) is 3.76. The monoisotopic (exact) mass is 191 g/mol. The zero-order valence-corrected chi connectivity index (χ0v) is 9.39. The average molecular weight is 191 g/mol. The first kappa shape index (κ1) is 11.9. The van der Waals surface area contributed by atoms with Crippen molar-refractivity contribution in [2.24, 2.45) is 0 Å². The van der Waals surface area contributed by atoms with Gasteiger partial charge in [0, 0.05) is 0 Å². The van der Waals surface area contributed by atoms with E-state index in [0.717, 1.165) is 10.1 Å². The molecule has 2 rings (SSSR count). The van der Waals surface area contributed by atoms with Gasteiger partial charge >= 0.3 is 29.6 Å². The molecule has 0 unspecified atom stereocenters. The van der Waals surface area contributed by atoms with Crippen LogP contribution in [0.4, 0.5) is 0 Å². The number of hydrogen-bond donors (Lipinski definition) is 1. The van der Waals surface area contributed by atoms with E-state index in [1.54, 1.807) is 0 Å². The van der Waals surface area contributed by atoms with Crippen molar-refractivity contribution in [3.8, 4) is 0 Å². The molecule has 1 aromatic carbocycles. The van der Waals surface area contributed by atoms with E-state index < -0.39 is 0 Å². The molecule has 5 heteroatoms. The van der Waals surface area contributed by atoms with Gasteiger partial charge in [0.15, 0.2) is 0 Å². The summed E-state index contributed by atoms with van der Waals surface area (Å²) < 4.78 is 3.68. The second-order valence-electron chi connectivity index (χ2n) is 2.03. The smallest absolute Gasteiger partial charge is 0.870 e. The van der Waals surface area contributed by atoms with Gasteiger partial charge in [0.1, 0.15) is 0 Å². The Morgan fingerprint density at radius 3 is 2.58 bits per heavy atom. The molecule has 0 fully saturated rings. The van der Waals surface area contributed by atoms with Gasteiger partial charge in [-0.05, 0) is 12.1 Å². The van der Waals surface area contributed by atoms with Gasteiger partial charge in [-0.15, -0.1) is 0 Å². The zero-order valence-electron chi connectivity index (χ0n) is 6.57. The zero-order chi connectivity index (χ0) is 6.97. The summed E-state index contributed by atoms with van der Waals surface area (Å²) >= 11 is 1.38. The third kappa shape index (κ3) is 1.97. The summed E-state index contributed by atoms with van der Waals surface area (Å²) in [7, 11) is 0. The maximum absolute atomic E-state index is 10.9.